The molecule has 0 aromatic heterocycles. The van der Waals surface area contributed by atoms with E-state index in [4.69, 9.17) is 0 Å². The molecule has 0 atom stereocenters. The number of amides is 2. The van der Waals surface area contributed by atoms with Crippen molar-refractivity contribution in [2.24, 2.45) is 5.92 Å². The van der Waals surface area contributed by atoms with Crippen LogP contribution in [-0.4, -0.2) is 31.4 Å². The topological polar surface area (TPSA) is 61.4 Å². The predicted molar refractivity (Wildman–Crippen MR) is 128 cm³/mol. The van der Waals surface area contributed by atoms with Gasteiger partial charge in [-0.3, -0.25) is 9.59 Å². The van der Waals surface area contributed by atoms with Crippen molar-refractivity contribution in [2.45, 2.75) is 52.9 Å². The van der Waals surface area contributed by atoms with Crippen molar-refractivity contribution in [1.82, 2.24) is 5.32 Å². The number of hydrogen-bond acceptors (Lipinski definition) is 3. The summed E-state index contributed by atoms with van der Waals surface area (Å²) in [6.07, 6.45) is 5.62. The van der Waals surface area contributed by atoms with Crippen LogP contribution in [0.5, 0.6) is 0 Å². The van der Waals surface area contributed by atoms with Gasteiger partial charge in [0.25, 0.3) is 11.8 Å². The fourth-order valence-electron chi connectivity index (χ4n) is 3.83. The maximum absolute atomic E-state index is 12.9. The van der Waals surface area contributed by atoms with Crippen LogP contribution >= 0.6 is 0 Å². The van der Waals surface area contributed by atoms with Crippen molar-refractivity contribution in [3.05, 3.63) is 59.2 Å². The second kappa shape index (κ2) is 11.0. The molecule has 1 aliphatic heterocycles. The van der Waals surface area contributed by atoms with Crippen molar-refractivity contribution >= 4 is 23.2 Å². The molecule has 1 heterocycles. The van der Waals surface area contributed by atoms with Crippen molar-refractivity contribution in [3.63, 3.8) is 0 Å². The number of hydrogen-bond donors (Lipinski definition) is 2. The van der Waals surface area contributed by atoms with Crippen LogP contribution in [0, 0.1) is 5.92 Å². The third-order valence-corrected chi connectivity index (χ3v) is 5.65. The van der Waals surface area contributed by atoms with Gasteiger partial charge in [0.2, 0.25) is 0 Å². The van der Waals surface area contributed by atoms with Crippen LogP contribution in [0.4, 0.5) is 11.4 Å². The lowest BCUT2D eigenvalue weighted by Gasteiger charge is -2.22. The molecule has 2 N–H and O–H groups in total. The number of unbranched alkanes of at least 4 members (excludes halogenated alkanes) is 1. The highest BCUT2D eigenvalue weighted by atomic mass is 16.2. The third-order valence-electron chi connectivity index (χ3n) is 5.65. The SMILES string of the molecule is CCCCc1ccc(C(=O)Nc2ccc(N3CCCC3)c(C(=O)NCC(C)C)c2)cc1. The van der Waals surface area contributed by atoms with Gasteiger partial charge in [-0.25, -0.2) is 0 Å². The highest BCUT2D eigenvalue weighted by molar-refractivity contribution is 6.06. The van der Waals surface area contributed by atoms with Gasteiger partial charge in [0.05, 0.1) is 5.56 Å². The summed E-state index contributed by atoms with van der Waals surface area (Å²) >= 11 is 0. The molecule has 5 heteroatoms. The highest BCUT2D eigenvalue weighted by Gasteiger charge is 2.20. The van der Waals surface area contributed by atoms with Gasteiger partial charge in [-0.1, -0.05) is 39.3 Å². The largest absolute Gasteiger partial charge is 0.371 e. The molecule has 0 aliphatic carbocycles. The molecule has 166 valence electrons. The Balaban J connectivity index is 1.76. The number of carbonyl (C=O) groups excluding carboxylic acids is 2. The van der Waals surface area contributed by atoms with E-state index in [1.165, 1.54) is 5.56 Å². The first kappa shape index (κ1) is 22.9. The van der Waals surface area contributed by atoms with E-state index in [9.17, 15) is 9.59 Å². The van der Waals surface area contributed by atoms with Gasteiger partial charge in [-0.2, -0.15) is 0 Å². The van der Waals surface area contributed by atoms with Crippen molar-refractivity contribution in [2.75, 3.05) is 29.9 Å². The quantitative estimate of drug-likeness (QED) is 0.580. The van der Waals surface area contributed by atoms with Gasteiger partial charge >= 0.3 is 0 Å². The lowest BCUT2D eigenvalue weighted by atomic mass is 10.1. The zero-order chi connectivity index (χ0) is 22.2. The Morgan fingerprint density at radius 1 is 1.00 bits per heavy atom. The van der Waals surface area contributed by atoms with Crippen LogP contribution in [0.15, 0.2) is 42.5 Å². The van der Waals surface area contributed by atoms with Gasteiger partial charge in [0.15, 0.2) is 0 Å². The molecule has 1 saturated heterocycles. The van der Waals surface area contributed by atoms with E-state index < -0.39 is 0 Å². The molecule has 2 aromatic carbocycles. The van der Waals surface area contributed by atoms with Gasteiger partial charge in [0, 0.05) is 36.6 Å². The Labute approximate surface area is 186 Å². The number of aryl methyl sites for hydroxylation is 1. The Kier molecular flexibility index (Phi) is 8.10. The molecule has 0 bridgehead atoms. The van der Waals surface area contributed by atoms with E-state index in [-0.39, 0.29) is 11.8 Å². The number of nitrogens with zero attached hydrogens (tertiary/aromatic N) is 1. The number of nitrogens with one attached hydrogen (secondary N) is 2. The van der Waals surface area contributed by atoms with E-state index >= 15 is 0 Å². The zero-order valence-electron chi connectivity index (χ0n) is 19.0. The normalized spacial score (nSPS) is 13.5. The van der Waals surface area contributed by atoms with E-state index in [1.807, 2.05) is 36.4 Å². The van der Waals surface area contributed by atoms with Crippen LogP contribution in [0.1, 0.15) is 72.7 Å². The zero-order valence-corrected chi connectivity index (χ0v) is 19.0. The molecular weight excluding hydrogens is 386 g/mol. The fraction of sp³-hybridized carbons (Fsp3) is 0.462. The minimum Gasteiger partial charge on any atom is -0.371 e. The van der Waals surface area contributed by atoms with Gasteiger partial charge < -0.3 is 15.5 Å². The maximum atomic E-state index is 12.9. The first-order valence-corrected chi connectivity index (χ1v) is 11.6. The molecule has 0 unspecified atom stereocenters. The first-order chi connectivity index (χ1) is 15.0. The van der Waals surface area contributed by atoms with E-state index in [0.29, 0.717) is 29.3 Å². The van der Waals surface area contributed by atoms with Crippen molar-refractivity contribution in [1.29, 1.82) is 0 Å². The lowest BCUT2D eigenvalue weighted by molar-refractivity contribution is 0.0948. The third kappa shape index (κ3) is 6.33. The average molecular weight is 422 g/mol. The Bertz CT molecular complexity index is 884. The molecule has 2 amide bonds. The summed E-state index contributed by atoms with van der Waals surface area (Å²) in [6.45, 7) is 8.87. The lowest BCUT2D eigenvalue weighted by Crippen LogP contribution is -2.30. The Morgan fingerprint density at radius 3 is 2.35 bits per heavy atom. The average Bonchev–Trinajstić information content (AvgIpc) is 3.31. The molecule has 1 aliphatic rings. The van der Waals surface area contributed by atoms with Crippen molar-refractivity contribution in [3.8, 4) is 0 Å². The van der Waals surface area contributed by atoms with Crippen LogP contribution in [0.3, 0.4) is 0 Å². The smallest absolute Gasteiger partial charge is 0.255 e. The summed E-state index contributed by atoms with van der Waals surface area (Å²) in [5.74, 6) is 0.124. The molecule has 31 heavy (non-hydrogen) atoms. The summed E-state index contributed by atoms with van der Waals surface area (Å²) in [4.78, 5) is 27.9. The summed E-state index contributed by atoms with van der Waals surface area (Å²) in [5, 5.41) is 5.98. The standard InChI is InChI=1S/C26H35N3O2/c1-4-5-8-20-9-11-21(12-10-20)25(30)28-22-13-14-24(29-15-6-7-16-29)23(17-22)26(31)27-18-19(2)3/h9-14,17,19H,4-8,15-16,18H2,1-3H3,(H,27,31)(H,28,30). The molecule has 0 spiro atoms. The van der Waals surface area contributed by atoms with Crippen LogP contribution in [0.25, 0.3) is 0 Å². The minimum absolute atomic E-state index is 0.0908. The number of carbonyl (C=O) groups is 2. The van der Waals surface area contributed by atoms with E-state index in [0.717, 1.165) is 50.9 Å². The number of anilines is 2. The van der Waals surface area contributed by atoms with Crippen molar-refractivity contribution < 1.29 is 9.59 Å². The highest BCUT2D eigenvalue weighted by Crippen LogP contribution is 2.28. The maximum Gasteiger partial charge on any atom is 0.255 e. The minimum atomic E-state index is -0.162. The molecular formula is C26H35N3O2. The second-order valence-electron chi connectivity index (χ2n) is 8.78. The monoisotopic (exact) mass is 421 g/mol. The van der Waals surface area contributed by atoms with Gasteiger partial charge in [0.1, 0.15) is 0 Å². The molecule has 5 nitrogen and oxygen atoms in total. The number of rotatable bonds is 9. The fourth-order valence-corrected chi connectivity index (χ4v) is 3.83. The summed E-state index contributed by atoms with van der Waals surface area (Å²) in [7, 11) is 0. The summed E-state index contributed by atoms with van der Waals surface area (Å²) < 4.78 is 0. The Hall–Kier alpha value is -2.82. The Morgan fingerprint density at radius 2 is 1.71 bits per heavy atom. The van der Waals surface area contributed by atoms with Gasteiger partial charge in [-0.15, -0.1) is 0 Å². The molecule has 0 saturated carbocycles. The first-order valence-electron chi connectivity index (χ1n) is 11.6. The van der Waals surface area contributed by atoms with E-state index in [1.54, 1.807) is 6.07 Å². The molecule has 0 radical (unpaired) electrons. The molecule has 2 aromatic rings. The van der Waals surface area contributed by atoms with Crippen LogP contribution < -0.4 is 15.5 Å². The summed E-state index contributed by atoms with van der Waals surface area (Å²) in [6, 6.07) is 13.4. The molecule has 1 fully saturated rings. The van der Waals surface area contributed by atoms with Crippen LogP contribution in [-0.2, 0) is 6.42 Å². The van der Waals surface area contributed by atoms with Gasteiger partial charge in [-0.05, 0) is 67.5 Å². The molecule has 3 rings (SSSR count). The summed E-state index contributed by atoms with van der Waals surface area (Å²) in [5.41, 5.74) is 4.07. The van der Waals surface area contributed by atoms with Crippen LogP contribution in [0.2, 0.25) is 0 Å². The van der Waals surface area contributed by atoms with E-state index in [2.05, 4.69) is 36.3 Å². The second-order valence-corrected chi connectivity index (χ2v) is 8.78. The number of benzene rings is 2. The predicted octanol–water partition coefficient (Wildman–Crippen LogP) is 5.27.